The Bertz CT molecular complexity index is 1250. The summed E-state index contributed by atoms with van der Waals surface area (Å²) in [6, 6.07) is 8.23. The quantitative estimate of drug-likeness (QED) is 0.252. The van der Waals surface area contributed by atoms with E-state index in [1.54, 1.807) is 0 Å². The van der Waals surface area contributed by atoms with Crippen LogP contribution in [0.15, 0.2) is 29.4 Å². The topological polar surface area (TPSA) is 75.1 Å². The first-order valence-electron chi connectivity index (χ1n) is 16.7. The molecule has 1 aromatic carbocycles. The standard InChI is InChI=1S/C35H51N3O3S/c1-20-12-15-35(40-19-20)22(3)31-29(41-35)17-27-25-11-10-23-16-24(39)13-14-33(23,4)26(25)18-30(34(27,31)5)37-38-32(42)36-28-9-7-6-8-21(28)2/h6-9,20,22-27,29,31,39H,10-19H2,1-5H3,(H2,36,38,42)/b37-30+/t20-,22+,23+,24+,25-,26+,27+,29+,31+,33+,34-,35-/m1/s1. The molecule has 2 heterocycles. The molecule has 1 aromatic rings. The van der Waals surface area contributed by atoms with Crippen molar-refractivity contribution in [2.24, 2.45) is 57.4 Å². The van der Waals surface area contributed by atoms with Crippen molar-refractivity contribution in [2.45, 2.75) is 110 Å². The van der Waals surface area contributed by atoms with E-state index in [1.807, 2.05) is 12.1 Å². The lowest BCUT2D eigenvalue weighted by Crippen LogP contribution is -2.58. The highest BCUT2D eigenvalue weighted by atomic mass is 32.1. The lowest BCUT2D eigenvalue weighted by atomic mass is 9.44. The highest BCUT2D eigenvalue weighted by molar-refractivity contribution is 7.80. The fourth-order valence-electron chi connectivity index (χ4n) is 11.1. The van der Waals surface area contributed by atoms with Gasteiger partial charge in [0.1, 0.15) is 0 Å². The molecule has 230 valence electrons. The molecule has 0 bridgehead atoms. The fourth-order valence-corrected chi connectivity index (χ4v) is 11.3. The molecule has 4 saturated carbocycles. The summed E-state index contributed by atoms with van der Waals surface area (Å²) < 4.78 is 13.6. The predicted octanol–water partition coefficient (Wildman–Crippen LogP) is 7.05. The molecular formula is C35H51N3O3S. The lowest BCUT2D eigenvalue weighted by Gasteiger charge is -2.61. The summed E-state index contributed by atoms with van der Waals surface area (Å²) in [6.07, 6.45) is 9.85. The van der Waals surface area contributed by atoms with Gasteiger partial charge in [-0.3, -0.25) is 5.43 Å². The number of hydrazone groups is 1. The van der Waals surface area contributed by atoms with Crippen molar-refractivity contribution in [3.8, 4) is 0 Å². The van der Waals surface area contributed by atoms with Crippen LogP contribution in [0.5, 0.6) is 0 Å². The molecule has 0 amide bonds. The SMILES string of the molecule is Cc1ccccc1NC(=S)N/N=C1\C[C@H]2[C@@H](CC[C@H]3C[C@@H](O)CC[C@@]32C)[C@@H]2C[C@@H]3O[C@]4(CC[C@@H](C)CO4)[C@@H](C)[C@@H]3[C@@]12C. The van der Waals surface area contributed by atoms with Crippen molar-refractivity contribution < 1.29 is 14.6 Å². The molecule has 0 unspecified atom stereocenters. The average molecular weight is 594 g/mol. The van der Waals surface area contributed by atoms with E-state index in [0.717, 1.165) is 56.4 Å². The van der Waals surface area contributed by atoms with Crippen molar-refractivity contribution in [3.05, 3.63) is 29.8 Å². The molecule has 2 saturated heterocycles. The summed E-state index contributed by atoms with van der Waals surface area (Å²) >= 11 is 5.79. The van der Waals surface area contributed by atoms with Crippen molar-refractivity contribution in [2.75, 3.05) is 11.9 Å². The summed E-state index contributed by atoms with van der Waals surface area (Å²) in [5, 5.41) is 19.8. The minimum Gasteiger partial charge on any atom is -0.393 e. The van der Waals surface area contributed by atoms with Gasteiger partial charge < -0.3 is 19.9 Å². The van der Waals surface area contributed by atoms with E-state index in [-0.39, 0.29) is 23.0 Å². The zero-order valence-electron chi connectivity index (χ0n) is 26.2. The van der Waals surface area contributed by atoms with Gasteiger partial charge >= 0.3 is 0 Å². The number of aliphatic hydroxyl groups excluding tert-OH is 1. The Morgan fingerprint density at radius 1 is 1.05 bits per heavy atom. The molecular weight excluding hydrogens is 542 g/mol. The van der Waals surface area contributed by atoms with E-state index < -0.39 is 5.79 Å². The predicted molar refractivity (Wildman–Crippen MR) is 171 cm³/mol. The van der Waals surface area contributed by atoms with Crippen LogP contribution in [0.4, 0.5) is 5.69 Å². The minimum absolute atomic E-state index is 0.0656. The van der Waals surface area contributed by atoms with Gasteiger partial charge in [-0.1, -0.05) is 45.9 Å². The first-order valence-corrected chi connectivity index (χ1v) is 17.2. The van der Waals surface area contributed by atoms with Crippen LogP contribution in [0.25, 0.3) is 0 Å². The Kier molecular flexibility index (Phi) is 7.32. The number of para-hydroxylation sites is 1. The van der Waals surface area contributed by atoms with Crippen molar-refractivity contribution in [1.29, 1.82) is 0 Å². The van der Waals surface area contributed by atoms with E-state index in [2.05, 4.69) is 57.5 Å². The van der Waals surface area contributed by atoms with Gasteiger partial charge in [0.2, 0.25) is 0 Å². The summed E-state index contributed by atoms with van der Waals surface area (Å²) in [6.45, 7) is 12.6. The number of thiocarbonyl (C=S) groups is 1. The van der Waals surface area contributed by atoms with E-state index in [0.29, 0.717) is 46.5 Å². The number of hydrogen-bond acceptors (Lipinski definition) is 5. The van der Waals surface area contributed by atoms with Crippen LogP contribution in [-0.2, 0) is 9.47 Å². The maximum absolute atomic E-state index is 10.6. The molecule has 2 aliphatic heterocycles. The lowest BCUT2D eigenvalue weighted by molar-refractivity contribution is -0.272. The molecule has 6 nitrogen and oxygen atoms in total. The van der Waals surface area contributed by atoms with E-state index in [4.69, 9.17) is 26.8 Å². The Balaban J connectivity index is 1.22. The number of ether oxygens (including phenoxy) is 2. The zero-order chi connectivity index (χ0) is 29.4. The number of hydrogen-bond donors (Lipinski definition) is 3. The van der Waals surface area contributed by atoms with Crippen molar-refractivity contribution >= 4 is 28.7 Å². The number of anilines is 1. The number of rotatable bonds is 2. The van der Waals surface area contributed by atoms with Gasteiger partial charge in [0, 0.05) is 35.1 Å². The molecule has 42 heavy (non-hydrogen) atoms. The second-order valence-corrected chi connectivity index (χ2v) is 15.9. The molecule has 0 radical (unpaired) electrons. The third-order valence-corrected chi connectivity index (χ3v) is 13.7. The van der Waals surface area contributed by atoms with Crippen molar-refractivity contribution in [1.82, 2.24) is 5.43 Å². The molecule has 7 rings (SSSR count). The Morgan fingerprint density at radius 2 is 1.86 bits per heavy atom. The van der Waals surface area contributed by atoms with E-state index in [9.17, 15) is 5.11 Å². The van der Waals surface area contributed by atoms with Gasteiger partial charge in [-0.05, 0) is 117 Å². The van der Waals surface area contributed by atoms with Crippen LogP contribution >= 0.6 is 12.2 Å². The fraction of sp³-hybridized carbons (Fsp3) is 0.771. The van der Waals surface area contributed by atoms with Crippen LogP contribution in [0, 0.1) is 59.2 Å². The van der Waals surface area contributed by atoms with Gasteiger partial charge in [-0.2, -0.15) is 5.10 Å². The highest BCUT2D eigenvalue weighted by Crippen LogP contribution is 2.70. The summed E-state index contributed by atoms with van der Waals surface area (Å²) in [5.41, 5.74) is 6.95. The summed E-state index contributed by atoms with van der Waals surface area (Å²) in [4.78, 5) is 0. The van der Waals surface area contributed by atoms with Gasteiger partial charge in [0.15, 0.2) is 10.9 Å². The molecule has 7 heteroatoms. The number of fused-ring (bicyclic) bond motifs is 7. The first-order chi connectivity index (χ1) is 20.0. The smallest absolute Gasteiger partial charge is 0.191 e. The molecule has 12 atom stereocenters. The Hall–Kier alpha value is -1.54. The molecule has 4 aliphatic carbocycles. The molecule has 1 spiro atoms. The maximum Gasteiger partial charge on any atom is 0.191 e. The zero-order valence-corrected chi connectivity index (χ0v) is 27.0. The maximum atomic E-state index is 10.6. The second kappa shape index (κ2) is 10.5. The highest BCUT2D eigenvalue weighted by Gasteiger charge is 2.71. The molecule has 0 aromatic heterocycles. The number of benzene rings is 1. The van der Waals surface area contributed by atoms with Gasteiger partial charge in [-0.15, -0.1) is 0 Å². The van der Waals surface area contributed by atoms with Crippen LogP contribution in [0.2, 0.25) is 0 Å². The minimum atomic E-state index is -0.448. The number of nitrogens with zero attached hydrogens (tertiary/aromatic N) is 1. The third-order valence-electron chi connectivity index (χ3n) is 13.5. The average Bonchev–Trinajstić information content (AvgIpc) is 3.41. The van der Waals surface area contributed by atoms with Gasteiger partial charge in [0.05, 0.1) is 18.8 Å². The Morgan fingerprint density at radius 3 is 2.62 bits per heavy atom. The first kappa shape index (κ1) is 29.2. The molecule has 6 aliphatic rings. The van der Waals surface area contributed by atoms with Crippen molar-refractivity contribution in [3.63, 3.8) is 0 Å². The molecule has 3 N–H and O–H groups in total. The normalized spacial score (nSPS) is 48.7. The summed E-state index contributed by atoms with van der Waals surface area (Å²) in [5.74, 6) is 3.24. The molecule has 6 fully saturated rings. The number of aliphatic hydroxyl groups is 1. The van der Waals surface area contributed by atoms with Crippen LogP contribution in [0.3, 0.4) is 0 Å². The van der Waals surface area contributed by atoms with E-state index >= 15 is 0 Å². The monoisotopic (exact) mass is 593 g/mol. The van der Waals surface area contributed by atoms with Crippen LogP contribution in [-0.4, -0.2) is 40.5 Å². The largest absolute Gasteiger partial charge is 0.393 e. The van der Waals surface area contributed by atoms with Gasteiger partial charge in [0.25, 0.3) is 0 Å². The third kappa shape index (κ3) is 4.42. The Labute approximate surface area is 257 Å². The number of nitrogens with one attached hydrogen (secondary N) is 2. The number of aryl methyl sites for hydroxylation is 1. The second-order valence-electron chi connectivity index (χ2n) is 15.5. The van der Waals surface area contributed by atoms with Crippen LogP contribution in [0.1, 0.15) is 91.0 Å². The van der Waals surface area contributed by atoms with E-state index in [1.165, 1.54) is 25.0 Å². The summed E-state index contributed by atoms with van der Waals surface area (Å²) in [7, 11) is 0. The van der Waals surface area contributed by atoms with Gasteiger partial charge in [-0.25, -0.2) is 0 Å². The van der Waals surface area contributed by atoms with Crippen LogP contribution < -0.4 is 10.7 Å².